The van der Waals surface area contributed by atoms with E-state index in [2.05, 4.69) is 23.3 Å². The molecule has 5 heteroatoms. The molecule has 1 unspecified atom stereocenters. The van der Waals surface area contributed by atoms with E-state index in [9.17, 15) is 10.1 Å². The largest absolute Gasteiger partial charge is 0.325 e. The molecule has 0 fully saturated rings. The lowest BCUT2D eigenvalue weighted by molar-refractivity contribution is -0.115. The van der Waals surface area contributed by atoms with Gasteiger partial charge in [-0.2, -0.15) is 5.26 Å². The lowest BCUT2D eigenvalue weighted by Gasteiger charge is -2.16. The van der Waals surface area contributed by atoms with E-state index in [0.29, 0.717) is 10.6 Å². The number of anilines is 1. The second-order valence-electron chi connectivity index (χ2n) is 6.62. The van der Waals surface area contributed by atoms with Crippen molar-refractivity contribution in [3.63, 3.8) is 0 Å². The molecule has 1 aromatic heterocycles. The molecule has 134 valence electrons. The maximum absolute atomic E-state index is 12.7. The molecular formula is C21H23N3OS. The van der Waals surface area contributed by atoms with E-state index in [1.54, 1.807) is 0 Å². The molecule has 0 radical (unpaired) electrons. The summed E-state index contributed by atoms with van der Waals surface area (Å²) in [5.74, 6) is -0.0646. The monoisotopic (exact) mass is 365 g/mol. The summed E-state index contributed by atoms with van der Waals surface area (Å²) < 4.78 is 0. The number of hydrogen-bond acceptors (Lipinski definition) is 4. The first-order valence-electron chi connectivity index (χ1n) is 9.02. The van der Waals surface area contributed by atoms with E-state index in [-0.39, 0.29) is 11.2 Å². The number of nitrogens with zero attached hydrogens (tertiary/aromatic N) is 2. The average Bonchev–Trinajstić information content (AvgIpc) is 3.09. The van der Waals surface area contributed by atoms with Crippen LogP contribution >= 0.6 is 11.8 Å². The summed E-state index contributed by atoms with van der Waals surface area (Å²) in [5, 5.41) is 12.8. The molecule has 4 nitrogen and oxygen atoms in total. The Labute approximate surface area is 159 Å². The lowest BCUT2D eigenvalue weighted by atomic mass is 10.1. The Morgan fingerprint density at radius 1 is 1.42 bits per heavy atom. The van der Waals surface area contributed by atoms with Crippen LogP contribution in [0.3, 0.4) is 0 Å². The van der Waals surface area contributed by atoms with Gasteiger partial charge in [0.1, 0.15) is 11.1 Å². The van der Waals surface area contributed by atoms with Crippen LogP contribution in [0.1, 0.15) is 48.2 Å². The molecule has 0 saturated carbocycles. The number of nitriles is 1. The minimum atomic E-state index is -0.335. The Morgan fingerprint density at radius 2 is 2.23 bits per heavy atom. The number of hydrogen-bond donors (Lipinski definition) is 1. The van der Waals surface area contributed by atoms with E-state index in [4.69, 9.17) is 0 Å². The zero-order valence-electron chi connectivity index (χ0n) is 15.4. The van der Waals surface area contributed by atoms with Gasteiger partial charge in [-0.15, -0.1) is 0 Å². The van der Waals surface area contributed by atoms with Gasteiger partial charge in [-0.1, -0.05) is 36.9 Å². The number of nitrogens with one attached hydrogen (secondary N) is 1. The van der Waals surface area contributed by atoms with Crippen molar-refractivity contribution in [2.24, 2.45) is 0 Å². The number of carbonyl (C=O) groups is 1. The van der Waals surface area contributed by atoms with Gasteiger partial charge in [0.2, 0.25) is 5.91 Å². The number of carbonyl (C=O) groups excluding carboxylic acids is 1. The third-order valence-corrected chi connectivity index (χ3v) is 5.88. The van der Waals surface area contributed by atoms with E-state index in [1.165, 1.54) is 17.3 Å². The van der Waals surface area contributed by atoms with Crippen LogP contribution in [0.25, 0.3) is 0 Å². The van der Waals surface area contributed by atoms with Crippen molar-refractivity contribution in [3.8, 4) is 6.07 Å². The molecule has 1 aliphatic rings. The van der Waals surface area contributed by atoms with Gasteiger partial charge in [0.15, 0.2) is 0 Å². The Bertz CT molecular complexity index is 886. The fourth-order valence-electron chi connectivity index (χ4n) is 3.27. The van der Waals surface area contributed by atoms with Crippen LogP contribution < -0.4 is 5.32 Å². The maximum atomic E-state index is 12.7. The number of rotatable bonds is 5. The number of amides is 1. The van der Waals surface area contributed by atoms with Crippen molar-refractivity contribution in [2.45, 2.75) is 56.7 Å². The lowest BCUT2D eigenvalue weighted by Crippen LogP contribution is -2.24. The van der Waals surface area contributed by atoms with E-state index in [0.717, 1.165) is 48.2 Å². The fourth-order valence-corrected chi connectivity index (χ4v) is 4.17. The molecule has 0 bridgehead atoms. The Kier molecular flexibility index (Phi) is 5.63. The van der Waals surface area contributed by atoms with Crippen LogP contribution in [0.15, 0.2) is 29.3 Å². The first-order chi connectivity index (χ1) is 12.5. The molecule has 0 aliphatic heterocycles. The van der Waals surface area contributed by atoms with Crippen molar-refractivity contribution in [3.05, 3.63) is 52.2 Å². The van der Waals surface area contributed by atoms with Crippen LogP contribution in [-0.2, 0) is 24.1 Å². The summed E-state index contributed by atoms with van der Waals surface area (Å²) in [6.07, 6.45) is 3.90. The zero-order chi connectivity index (χ0) is 18.7. The van der Waals surface area contributed by atoms with Crippen molar-refractivity contribution < 1.29 is 4.79 Å². The van der Waals surface area contributed by atoms with Gasteiger partial charge in [0.25, 0.3) is 0 Å². The fraction of sp³-hybridized carbons (Fsp3) is 0.381. The summed E-state index contributed by atoms with van der Waals surface area (Å²) in [7, 11) is 0. The molecule has 3 rings (SSSR count). The average molecular weight is 366 g/mol. The maximum Gasteiger partial charge on any atom is 0.237 e. The van der Waals surface area contributed by atoms with E-state index < -0.39 is 0 Å². The molecule has 1 N–H and O–H groups in total. The van der Waals surface area contributed by atoms with Crippen molar-refractivity contribution >= 4 is 23.4 Å². The highest BCUT2D eigenvalue weighted by Crippen LogP contribution is 2.31. The molecule has 1 heterocycles. The van der Waals surface area contributed by atoms with E-state index in [1.807, 2.05) is 38.1 Å². The Hall–Kier alpha value is -2.32. The van der Waals surface area contributed by atoms with Gasteiger partial charge >= 0.3 is 0 Å². The van der Waals surface area contributed by atoms with Crippen molar-refractivity contribution in [2.75, 3.05) is 5.32 Å². The van der Waals surface area contributed by atoms with Gasteiger partial charge in [0, 0.05) is 11.4 Å². The molecule has 1 aromatic carbocycles. The van der Waals surface area contributed by atoms with Crippen LogP contribution in [0.2, 0.25) is 0 Å². The third kappa shape index (κ3) is 3.76. The number of thioether (sulfide) groups is 1. The van der Waals surface area contributed by atoms with Gasteiger partial charge in [0.05, 0.1) is 10.8 Å². The normalized spacial score (nSPS) is 13.8. The summed E-state index contributed by atoms with van der Waals surface area (Å²) >= 11 is 1.36. The summed E-state index contributed by atoms with van der Waals surface area (Å²) in [4.78, 5) is 17.4. The molecule has 0 saturated heterocycles. The second kappa shape index (κ2) is 7.92. The summed E-state index contributed by atoms with van der Waals surface area (Å²) in [6, 6.07) is 10.2. The van der Waals surface area contributed by atoms with Crippen LogP contribution in [-0.4, -0.2) is 16.1 Å². The molecule has 0 spiro atoms. The Balaban J connectivity index is 1.78. The van der Waals surface area contributed by atoms with Crippen LogP contribution in [0.4, 0.5) is 5.69 Å². The highest BCUT2D eigenvalue weighted by molar-refractivity contribution is 8.00. The second-order valence-corrected chi connectivity index (χ2v) is 7.95. The number of fused-ring (bicyclic) bond motifs is 1. The number of benzene rings is 1. The zero-order valence-corrected chi connectivity index (χ0v) is 16.2. The molecule has 26 heavy (non-hydrogen) atoms. The first-order valence-corrected chi connectivity index (χ1v) is 9.90. The Morgan fingerprint density at radius 3 is 2.96 bits per heavy atom. The predicted octanol–water partition coefficient (Wildman–Crippen LogP) is 4.43. The molecule has 1 amide bonds. The standard InChI is InChI=1S/C21H23N3OS/c1-4-15-8-5-7-13(2)19(15)24-20(25)14(3)26-21-17(12-22)11-16-9-6-10-18(16)23-21/h5,7-8,11,14H,4,6,9-10H2,1-3H3,(H,24,25). The number of aromatic nitrogens is 1. The highest BCUT2D eigenvalue weighted by atomic mass is 32.2. The highest BCUT2D eigenvalue weighted by Gasteiger charge is 2.22. The van der Waals surface area contributed by atoms with Crippen LogP contribution in [0.5, 0.6) is 0 Å². The molecule has 2 aromatic rings. The summed E-state index contributed by atoms with van der Waals surface area (Å²) in [6.45, 7) is 5.94. The van der Waals surface area contributed by atoms with Gasteiger partial charge < -0.3 is 5.32 Å². The SMILES string of the molecule is CCc1cccc(C)c1NC(=O)C(C)Sc1nc2c(cc1C#N)CCC2. The minimum Gasteiger partial charge on any atom is -0.325 e. The quantitative estimate of drug-likeness (QED) is 0.796. The summed E-state index contributed by atoms with van der Waals surface area (Å²) in [5.41, 5.74) is 5.91. The van der Waals surface area contributed by atoms with E-state index >= 15 is 0 Å². The van der Waals surface area contributed by atoms with Crippen molar-refractivity contribution in [1.29, 1.82) is 5.26 Å². The predicted molar refractivity (Wildman–Crippen MR) is 105 cm³/mol. The molecular weight excluding hydrogens is 342 g/mol. The van der Waals surface area contributed by atoms with Crippen LogP contribution in [0, 0.1) is 18.3 Å². The van der Waals surface area contributed by atoms with Crippen molar-refractivity contribution in [1.82, 2.24) is 4.98 Å². The van der Waals surface area contributed by atoms with Gasteiger partial charge in [-0.05, 0) is 62.3 Å². The first kappa shape index (κ1) is 18.5. The van der Waals surface area contributed by atoms with Gasteiger partial charge in [-0.25, -0.2) is 4.98 Å². The topological polar surface area (TPSA) is 65.8 Å². The number of pyridine rings is 1. The number of para-hydroxylation sites is 1. The van der Waals surface area contributed by atoms with Gasteiger partial charge in [-0.3, -0.25) is 4.79 Å². The smallest absolute Gasteiger partial charge is 0.237 e. The minimum absolute atomic E-state index is 0.0646. The third-order valence-electron chi connectivity index (χ3n) is 4.78. The molecule has 1 aliphatic carbocycles. The molecule has 1 atom stereocenters. The number of aryl methyl sites for hydroxylation is 4.